The van der Waals surface area contributed by atoms with Gasteiger partial charge in [-0.1, -0.05) is 24.9 Å². The van der Waals surface area contributed by atoms with Crippen molar-refractivity contribution in [1.82, 2.24) is 15.5 Å². The van der Waals surface area contributed by atoms with Gasteiger partial charge in [0.15, 0.2) is 0 Å². The summed E-state index contributed by atoms with van der Waals surface area (Å²) in [4.78, 5) is 4.63. The molecule has 6 heteroatoms. The standard InChI is InChI=1S/C14H23N3O2S/c1-2-15-11-6-4-3-5-10(11)14-16-13(17-19-14)12-9-20-8-7-18-12/h10-12,15H,2-9H2,1H3. The Balaban J connectivity index is 1.70. The van der Waals surface area contributed by atoms with Gasteiger partial charge in [0.2, 0.25) is 11.7 Å². The smallest absolute Gasteiger partial charge is 0.231 e. The zero-order valence-electron chi connectivity index (χ0n) is 12.0. The van der Waals surface area contributed by atoms with Gasteiger partial charge in [-0.15, -0.1) is 0 Å². The molecule has 0 spiro atoms. The molecule has 112 valence electrons. The predicted octanol–water partition coefficient (Wildman–Crippen LogP) is 2.51. The lowest BCUT2D eigenvalue weighted by molar-refractivity contribution is 0.0677. The number of thioether (sulfide) groups is 1. The van der Waals surface area contributed by atoms with Crippen molar-refractivity contribution in [3.05, 3.63) is 11.7 Å². The lowest BCUT2D eigenvalue weighted by atomic mass is 9.84. The van der Waals surface area contributed by atoms with Crippen LogP contribution in [0.3, 0.4) is 0 Å². The highest BCUT2D eigenvalue weighted by Crippen LogP contribution is 2.33. The Morgan fingerprint density at radius 3 is 3.05 bits per heavy atom. The lowest BCUT2D eigenvalue weighted by Gasteiger charge is -2.29. The Labute approximate surface area is 124 Å². The van der Waals surface area contributed by atoms with E-state index in [0.29, 0.717) is 12.0 Å². The summed E-state index contributed by atoms with van der Waals surface area (Å²) in [6, 6.07) is 0.476. The van der Waals surface area contributed by atoms with Gasteiger partial charge >= 0.3 is 0 Å². The Hall–Kier alpha value is -0.590. The molecule has 20 heavy (non-hydrogen) atoms. The Kier molecular flexibility index (Phi) is 4.96. The molecule has 2 fully saturated rings. The fourth-order valence-corrected chi connectivity index (χ4v) is 3.94. The molecule has 3 rings (SSSR count). The van der Waals surface area contributed by atoms with Crippen LogP contribution in [0.4, 0.5) is 0 Å². The number of aromatic nitrogens is 2. The van der Waals surface area contributed by atoms with Crippen molar-refractivity contribution in [2.75, 3.05) is 24.7 Å². The van der Waals surface area contributed by atoms with Gasteiger partial charge in [0, 0.05) is 17.5 Å². The van der Waals surface area contributed by atoms with E-state index in [2.05, 4.69) is 22.4 Å². The van der Waals surface area contributed by atoms with Gasteiger partial charge in [0.25, 0.3) is 0 Å². The maximum absolute atomic E-state index is 5.72. The molecule has 1 aliphatic carbocycles. The summed E-state index contributed by atoms with van der Waals surface area (Å²) in [6.07, 6.45) is 4.89. The molecule has 3 unspecified atom stereocenters. The van der Waals surface area contributed by atoms with Crippen LogP contribution in [0.1, 0.15) is 56.3 Å². The molecule has 0 radical (unpaired) electrons. The van der Waals surface area contributed by atoms with Crippen LogP contribution < -0.4 is 5.32 Å². The zero-order valence-corrected chi connectivity index (χ0v) is 12.8. The quantitative estimate of drug-likeness (QED) is 0.921. The Morgan fingerprint density at radius 2 is 2.25 bits per heavy atom. The minimum atomic E-state index is 0.00687. The van der Waals surface area contributed by atoms with E-state index in [-0.39, 0.29) is 6.10 Å². The number of hydrogen-bond acceptors (Lipinski definition) is 6. The maximum Gasteiger partial charge on any atom is 0.231 e. The van der Waals surface area contributed by atoms with Crippen LogP contribution in [0, 0.1) is 0 Å². The average Bonchev–Trinajstić information content (AvgIpc) is 2.99. The van der Waals surface area contributed by atoms with Crippen molar-refractivity contribution in [2.24, 2.45) is 0 Å². The fourth-order valence-electron chi connectivity index (χ4n) is 3.10. The van der Waals surface area contributed by atoms with Crippen LogP contribution in [0.5, 0.6) is 0 Å². The summed E-state index contributed by atoms with van der Waals surface area (Å²) in [7, 11) is 0. The van der Waals surface area contributed by atoms with Gasteiger partial charge in [-0.2, -0.15) is 16.7 Å². The number of nitrogens with zero attached hydrogens (tertiary/aromatic N) is 2. The van der Waals surface area contributed by atoms with Crippen LogP contribution >= 0.6 is 11.8 Å². The van der Waals surface area contributed by atoms with Crippen LogP contribution in [-0.4, -0.2) is 40.8 Å². The van der Waals surface area contributed by atoms with E-state index in [9.17, 15) is 0 Å². The highest BCUT2D eigenvalue weighted by atomic mass is 32.2. The topological polar surface area (TPSA) is 60.2 Å². The van der Waals surface area contributed by atoms with Gasteiger partial charge in [-0.25, -0.2) is 0 Å². The highest BCUT2D eigenvalue weighted by molar-refractivity contribution is 7.99. The van der Waals surface area contributed by atoms with E-state index in [4.69, 9.17) is 9.26 Å². The molecule has 1 saturated heterocycles. The number of hydrogen-bond donors (Lipinski definition) is 1. The second kappa shape index (κ2) is 6.91. The van der Waals surface area contributed by atoms with E-state index < -0.39 is 0 Å². The molecule has 1 aromatic heterocycles. The molecule has 0 aromatic carbocycles. The molecule has 0 bridgehead atoms. The van der Waals surface area contributed by atoms with Gasteiger partial charge in [0.05, 0.1) is 12.5 Å². The van der Waals surface area contributed by atoms with E-state index in [1.807, 2.05) is 11.8 Å². The number of ether oxygens (including phenoxy) is 1. The van der Waals surface area contributed by atoms with E-state index in [0.717, 1.165) is 42.8 Å². The summed E-state index contributed by atoms with van der Waals surface area (Å²) in [5.74, 6) is 3.88. The second-order valence-electron chi connectivity index (χ2n) is 5.48. The summed E-state index contributed by atoms with van der Waals surface area (Å²) in [5.41, 5.74) is 0. The summed E-state index contributed by atoms with van der Waals surface area (Å²) in [6.45, 7) is 3.92. The lowest BCUT2D eigenvalue weighted by Crippen LogP contribution is -2.37. The van der Waals surface area contributed by atoms with Crippen molar-refractivity contribution >= 4 is 11.8 Å². The zero-order chi connectivity index (χ0) is 13.8. The first-order valence-electron chi connectivity index (χ1n) is 7.64. The van der Waals surface area contributed by atoms with Crippen molar-refractivity contribution < 1.29 is 9.26 Å². The minimum absolute atomic E-state index is 0.00687. The van der Waals surface area contributed by atoms with Crippen molar-refractivity contribution in [2.45, 2.75) is 50.7 Å². The minimum Gasteiger partial charge on any atom is -0.368 e. The van der Waals surface area contributed by atoms with Crippen LogP contribution in [0.2, 0.25) is 0 Å². The van der Waals surface area contributed by atoms with Crippen molar-refractivity contribution in [1.29, 1.82) is 0 Å². The first kappa shape index (κ1) is 14.4. The van der Waals surface area contributed by atoms with E-state index in [1.165, 1.54) is 19.3 Å². The molecular weight excluding hydrogens is 274 g/mol. The average molecular weight is 297 g/mol. The first-order chi connectivity index (χ1) is 9.88. The fraction of sp³-hybridized carbons (Fsp3) is 0.857. The molecule has 1 aliphatic heterocycles. The van der Waals surface area contributed by atoms with Crippen LogP contribution in [-0.2, 0) is 4.74 Å². The summed E-state index contributed by atoms with van der Waals surface area (Å²) >= 11 is 1.89. The Bertz CT molecular complexity index is 418. The van der Waals surface area contributed by atoms with Gasteiger partial charge in [0.1, 0.15) is 6.10 Å². The molecule has 2 heterocycles. The molecular formula is C14H23N3O2S. The van der Waals surface area contributed by atoms with Gasteiger partial charge in [-0.3, -0.25) is 0 Å². The predicted molar refractivity (Wildman–Crippen MR) is 79.0 cm³/mol. The number of rotatable bonds is 4. The second-order valence-corrected chi connectivity index (χ2v) is 6.63. The molecule has 2 aliphatic rings. The molecule has 5 nitrogen and oxygen atoms in total. The largest absolute Gasteiger partial charge is 0.368 e. The molecule has 1 N–H and O–H groups in total. The monoisotopic (exact) mass is 297 g/mol. The molecule has 1 saturated carbocycles. The van der Waals surface area contributed by atoms with Gasteiger partial charge in [-0.05, 0) is 19.4 Å². The Morgan fingerprint density at radius 1 is 1.35 bits per heavy atom. The van der Waals surface area contributed by atoms with Crippen LogP contribution in [0.25, 0.3) is 0 Å². The molecule has 1 aromatic rings. The number of nitrogens with one attached hydrogen (secondary N) is 1. The molecule has 0 amide bonds. The summed E-state index contributed by atoms with van der Waals surface area (Å²) < 4.78 is 11.3. The maximum atomic E-state index is 5.72. The SMILES string of the molecule is CCNC1CCCCC1c1nc(C2CSCCO2)no1. The van der Waals surface area contributed by atoms with E-state index >= 15 is 0 Å². The third-order valence-corrected chi connectivity index (χ3v) is 5.10. The summed E-state index contributed by atoms with van der Waals surface area (Å²) in [5, 5.41) is 7.72. The van der Waals surface area contributed by atoms with Crippen LogP contribution in [0.15, 0.2) is 4.52 Å². The number of likely N-dealkylation sites (N-methyl/N-ethyl adjacent to an activating group) is 1. The van der Waals surface area contributed by atoms with Crippen molar-refractivity contribution in [3.63, 3.8) is 0 Å². The van der Waals surface area contributed by atoms with Crippen molar-refractivity contribution in [3.8, 4) is 0 Å². The third-order valence-electron chi connectivity index (χ3n) is 4.11. The first-order valence-corrected chi connectivity index (χ1v) is 8.80. The third kappa shape index (κ3) is 3.18. The van der Waals surface area contributed by atoms with Gasteiger partial charge < -0.3 is 14.6 Å². The normalized spacial score (nSPS) is 31.4. The molecule has 3 atom stereocenters. The highest BCUT2D eigenvalue weighted by Gasteiger charge is 2.31. The van der Waals surface area contributed by atoms with E-state index in [1.54, 1.807) is 0 Å².